The molecule has 134 valence electrons. The summed E-state index contributed by atoms with van der Waals surface area (Å²) in [6.45, 7) is 4.90. The van der Waals surface area contributed by atoms with Gasteiger partial charge in [-0.15, -0.1) is 10.2 Å². The molecule has 1 N–H and O–H groups in total. The zero-order chi connectivity index (χ0) is 18.4. The summed E-state index contributed by atoms with van der Waals surface area (Å²) in [4.78, 5) is 12.3. The topological polar surface area (TPSA) is 59.8 Å². The van der Waals surface area contributed by atoms with E-state index in [0.717, 1.165) is 35.2 Å². The largest absolute Gasteiger partial charge is 0.325 e. The van der Waals surface area contributed by atoms with E-state index >= 15 is 0 Å². The normalized spacial score (nSPS) is 10.7. The maximum Gasteiger partial charge on any atom is 0.234 e. The average molecular weight is 366 g/mol. The van der Waals surface area contributed by atoms with Gasteiger partial charge in [0, 0.05) is 17.8 Å². The number of carbonyl (C=O) groups excluding carboxylic acids is 1. The van der Waals surface area contributed by atoms with Crippen LogP contribution >= 0.6 is 11.8 Å². The Bertz CT molecular complexity index is 877. The minimum absolute atomic E-state index is 0.0461. The number of aryl methyl sites for hydroxylation is 1. The number of benzene rings is 2. The Labute approximate surface area is 157 Å². The molecule has 0 aliphatic rings. The molecule has 6 heteroatoms. The van der Waals surface area contributed by atoms with Crippen LogP contribution in [0.1, 0.15) is 19.4 Å². The second-order valence-corrected chi connectivity index (χ2v) is 6.75. The van der Waals surface area contributed by atoms with Crippen LogP contribution in [0.2, 0.25) is 0 Å². The molecule has 0 spiro atoms. The molecule has 5 nitrogen and oxygen atoms in total. The van der Waals surface area contributed by atoms with Crippen molar-refractivity contribution in [3.05, 3.63) is 60.2 Å². The summed E-state index contributed by atoms with van der Waals surface area (Å²) in [6, 6.07) is 17.9. The summed E-state index contributed by atoms with van der Waals surface area (Å²) in [6.07, 6.45) is 0.945. The number of aromatic nitrogens is 3. The molecule has 3 aromatic rings. The first-order valence-corrected chi connectivity index (χ1v) is 9.70. The van der Waals surface area contributed by atoms with Crippen LogP contribution in [0.15, 0.2) is 59.8 Å². The Morgan fingerprint density at radius 1 is 1.08 bits per heavy atom. The molecule has 3 rings (SSSR count). The number of carbonyl (C=O) groups is 1. The van der Waals surface area contributed by atoms with E-state index in [1.807, 2.05) is 53.1 Å². The number of nitrogens with zero attached hydrogens (tertiary/aromatic N) is 3. The van der Waals surface area contributed by atoms with Crippen LogP contribution in [0.3, 0.4) is 0 Å². The Morgan fingerprint density at radius 3 is 2.62 bits per heavy atom. The summed E-state index contributed by atoms with van der Waals surface area (Å²) in [5, 5.41) is 12.3. The van der Waals surface area contributed by atoms with Gasteiger partial charge in [-0.1, -0.05) is 61.2 Å². The first-order valence-electron chi connectivity index (χ1n) is 8.71. The van der Waals surface area contributed by atoms with Crippen LogP contribution in [0, 0.1) is 0 Å². The lowest BCUT2D eigenvalue weighted by molar-refractivity contribution is -0.113. The maximum atomic E-state index is 12.3. The van der Waals surface area contributed by atoms with Crippen molar-refractivity contribution >= 4 is 23.4 Å². The summed E-state index contributed by atoms with van der Waals surface area (Å²) in [5.41, 5.74) is 3.06. The second kappa shape index (κ2) is 8.67. The molecule has 0 bridgehead atoms. The molecule has 1 amide bonds. The molecule has 0 unspecified atom stereocenters. The predicted octanol–water partition coefficient (Wildman–Crippen LogP) is 4.26. The zero-order valence-corrected chi connectivity index (χ0v) is 15.8. The Morgan fingerprint density at radius 2 is 1.88 bits per heavy atom. The van der Waals surface area contributed by atoms with E-state index < -0.39 is 0 Å². The standard InChI is InChI=1S/C20H22N4OS/c1-3-15-9-8-12-17(13-15)21-18(25)14-26-20-23-22-19(24(20)4-2)16-10-6-5-7-11-16/h5-13H,3-4,14H2,1-2H3,(H,21,25). The third-order valence-corrected chi connectivity index (χ3v) is 4.98. The van der Waals surface area contributed by atoms with Crippen LogP contribution in [0.5, 0.6) is 0 Å². The van der Waals surface area contributed by atoms with Crippen molar-refractivity contribution in [2.75, 3.05) is 11.1 Å². The first kappa shape index (κ1) is 18.2. The van der Waals surface area contributed by atoms with Gasteiger partial charge in [0.1, 0.15) is 0 Å². The Balaban J connectivity index is 1.66. The fraction of sp³-hybridized carbons (Fsp3) is 0.250. The number of hydrogen-bond donors (Lipinski definition) is 1. The highest BCUT2D eigenvalue weighted by Crippen LogP contribution is 2.24. The molecule has 1 aromatic heterocycles. The van der Waals surface area contributed by atoms with Crippen LogP contribution < -0.4 is 5.32 Å². The van der Waals surface area contributed by atoms with Gasteiger partial charge in [0.25, 0.3) is 0 Å². The van der Waals surface area contributed by atoms with E-state index in [2.05, 4.69) is 35.4 Å². The molecule has 0 aliphatic heterocycles. The van der Waals surface area contributed by atoms with Gasteiger partial charge in [-0.25, -0.2) is 0 Å². The molecule has 0 saturated carbocycles. The van der Waals surface area contributed by atoms with E-state index in [0.29, 0.717) is 5.75 Å². The van der Waals surface area contributed by atoms with E-state index in [1.54, 1.807) is 0 Å². The number of nitrogens with one attached hydrogen (secondary N) is 1. The zero-order valence-electron chi connectivity index (χ0n) is 15.0. The van der Waals surface area contributed by atoms with Crippen LogP contribution in [0.4, 0.5) is 5.69 Å². The summed E-state index contributed by atoms with van der Waals surface area (Å²) >= 11 is 1.40. The Kier molecular flexibility index (Phi) is 6.07. The van der Waals surface area contributed by atoms with Gasteiger partial charge in [-0.2, -0.15) is 0 Å². The lowest BCUT2D eigenvalue weighted by Gasteiger charge is -2.08. The fourth-order valence-corrected chi connectivity index (χ4v) is 3.48. The minimum atomic E-state index is -0.0461. The SMILES string of the molecule is CCc1cccc(NC(=O)CSc2nnc(-c3ccccc3)n2CC)c1. The smallest absolute Gasteiger partial charge is 0.234 e. The number of hydrogen-bond acceptors (Lipinski definition) is 4. The average Bonchev–Trinajstić information content (AvgIpc) is 3.10. The van der Waals surface area contributed by atoms with Crippen molar-refractivity contribution in [1.29, 1.82) is 0 Å². The number of amides is 1. The molecule has 26 heavy (non-hydrogen) atoms. The molecular formula is C20H22N4OS. The predicted molar refractivity (Wildman–Crippen MR) is 106 cm³/mol. The van der Waals surface area contributed by atoms with Crippen molar-refractivity contribution < 1.29 is 4.79 Å². The van der Waals surface area contributed by atoms with Crippen LogP contribution in [0.25, 0.3) is 11.4 Å². The second-order valence-electron chi connectivity index (χ2n) is 5.81. The molecule has 0 fully saturated rings. The quantitative estimate of drug-likeness (QED) is 0.635. The highest BCUT2D eigenvalue weighted by molar-refractivity contribution is 7.99. The molecule has 0 radical (unpaired) electrons. The molecule has 0 atom stereocenters. The first-order chi connectivity index (χ1) is 12.7. The minimum Gasteiger partial charge on any atom is -0.325 e. The van der Waals surface area contributed by atoms with Gasteiger partial charge >= 0.3 is 0 Å². The number of anilines is 1. The van der Waals surface area contributed by atoms with Crippen molar-refractivity contribution in [3.8, 4) is 11.4 Å². The number of thioether (sulfide) groups is 1. The molecule has 1 heterocycles. The summed E-state index contributed by atoms with van der Waals surface area (Å²) < 4.78 is 2.03. The lowest BCUT2D eigenvalue weighted by atomic mass is 10.1. The molecule has 0 saturated heterocycles. The lowest BCUT2D eigenvalue weighted by Crippen LogP contribution is -2.14. The van der Waals surface area contributed by atoms with Crippen LogP contribution in [-0.2, 0) is 17.8 Å². The van der Waals surface area contributed by atoms with E-state index in [-0.39, 0.29) is 5.91 Å². The fourth-order valence-electron chi connectivity index (χ4n) is 2.68. The van der Waals surface area contributed by atoms with Gasteiger partial charge < -0.3 is 9.88 Å². The summed E-state index contributed by atoms with van der Waals surface area (Å²) in [7, 11) is 0. The van der Waals surface area contributed by atoms with Gasteiger partial charge in [0.05, 0.1) is 5.75 Å². The van der Waals surface area contributed by atoms with E-state index in [9.17, 15) is 4.79 Å². The third kappa shape index (κ3) is 4.32. The van der Waals surface area contributed by atoms with Crippen molar-refractivity contribution in [2.24, 2.45) is 0 Å². The molecule has 0 aliphatic carbocycles. The summed E-state index contributed by atoms with van der Waals surface area (Å²) in [5.74, 6) is 1.07. The highest BCUT2D eigenvalue weighted by Gasteiger charge is 2.14. The van der Waals surface area contributed by atoms with Gasteiger partial charge in [0.15, 0.2) is 11.0 Å². The van der Waals surface area contributed by atoms with Crippen molar-refractivity contribution in [1.82, 2.24) is 14.8 Å². The van der Waals surface area contributed by atoms with E-state index in [1.165, 1.54) is 17.3 Å². The van der Waals surface area contributed by atoms with Gasteiger partial charge in [0.2, 0.25) is 5.91 Å². The Hall–Kier alpha value is -2.60. The molecule has 2 aromatic carbocycles. The monoisotopic (exact) mass is 366 g/mol. The van der Waals surface area contributed by atoms with E-state index in [4.69, 9.17) is 0 Å². The van der Waals surface area contributed by atoms with Crippen LogP contribution in [-0.4, -0.2) is 26.4 Å². The van der Waals surface area contributed by atoms with Crippen molar-refractivity contribution in [3.63, 3.8) is 0 Å². The van der Waals surface area contributed by atoms with Gasteiger partial charge in [-0.05, 0) is 31.0 Å². The highest BCUT2D eigenvalue weighted by atomic mass is 32.2. The number of rotatable bonds is 7. The maximum absolute atomic E-state index is 12.3. The third-order valence-electron chi connectivity index (χ3n) is 4.02. The van der Waals surface area contributed by atoms with Gasteiger partial charge in [-0.3, -0.25) is 4.79 Å². The van der Waals surface area contributed by atoms with Crippen molar-refractivity contribution in [2.45, 2.75) is 32.0 Å². The molecular weight excluding hydrogens is 344 g/mol.